The van der Waals surface area contributed by atoms with E-state index in [-0.39, 0.29) is 6.10 Å². The van der Waals surface area contributed by atoms with Gasteiger partial charge in [0.1, 0.15) is 5.82 Å². The molecule has 2 aromatic rings. The Hall–Kier alpha value is -1.69. The second kappa shape index (κ2) is 4.77. The molecule has 1 aromatic heterocycles. The molecule has 1 heterocycles. The molecule has 5 nitrogen and oxygen atoms in total. The third-order valence-electron chi connectivity index (χ3n) is 2.94. The van der Waals surface area contributed by atoms with E-state index in [2.05, 4.69) is 26.1 Å². The Labute approximate surface area is 119 Å². The molecule has 0 radical (unpaired) electrons. The van der Waals surface area contributed by atoms with Gasteiger partial charge in [-0.3, -0.25) is 5.10 Å². The second-order valence-electron chi connectivity index (χ2n) is 4.51. The van der Waals surface area contributed by atoms with Crippen molar-refractivity contribution >= 4 is 21.7 Å². The van der Waals surface area contributed by atoms with E-state index in [1.54, 1.807) is 13.2 Å². The van der Waals surface area contributed by atoms with Crippen molar-refractivity contribution in [2.24, 2.45) is 0 Å². The van der Waals surface area contributed by atoms with Crippen LogP contribution >= 0.6 is 15.9 Å². The Balaban J connectivity index is 2.11. The number of H-pyrrole nitrogens is 1. The van der Waals surface area contributed by atoms with Crippen LogP contribution in [0.2, 0.25) is 0 Å². The Morgan fingerprint density at radius 1 is 1.37 bits per heavy atom. The molecule has 3 N–H and O–H groups in total. The molecule has 3 rings (SSSR count). The fraction of sp³-hybridized carbons (Fsp3) is 0.308. The quantitative estimate of drug-likeness (QED) is 0.907. The molecule has 1 fully saturated rings. The zero-order valence-corrected chi connectivity index (χ0v) is 12.0. The van der Waals surface area contributed by atoms with Gasteiger partial charge in [-0.25, -0.2) is 0 Å². The van der Waals surface area contributed by atoms with Gasteiger partial charge in [0.05, 0.1) is 18.9 Å². The minimum absolute atomic E-state index is 0.286. The number of nitrogens with one attached hydrogen (secondary N) is 1. The van der Waals surface area contributed by atoms with Crippen molar-refractivity contribution in [3.8, 4) is 22.8 Å². The van der Waals surface area contributed by atoms with E-state index < -0.39 is 0 Å². The average Bonchev–Trinajstić information content (AvgIpc) is 3.11. The minimum atomic E-state index is 0.286. The first-order valence-electron chi connectivity index (χ1n) is 6.03. The Morgan fingerprint density at radius 2 is 2.16 bits per heavy atom. The number of anilines is 1. The van der Waals surface area contributed by atoms with Crippen molar-refractivity contribution in [3.05, 3.63) is 22.7 Å². The summed E-state index contributed by atoms with van der Waals surface area (Å²) < 4.78 is 12.3. The first kappa shape index (κ1) is 12.3. The van der Waals surface area contributed by atoms with Crippen LogP contribution in [0.1, 0.15) is 12.8 Å². The second-order valence-corrected chi connectivity index (χ2v) is 5.42. The Kier molecular flexibility index (Phi) is 3.10. The van der Waals surface area contributed by atoms with E-state index in [0.717, 1.165) is 34.3 Å². The van der Waals surface area contributed by atoms with Gasteiger partial charge in [0.25, 0.3) is 0 Å². The predicted molar refractivity (Wildman–Crippen MR) is 76.3 cm³/mol. The molecule has 0 unspecified atom stereocenters. The summed E-state index contributed by atoms with van der Waals surface area (Å²) in [7, 11) is 1.63. The number of hydrogen-bond donors (Lipinski definition) is 2. The van der Waals surface area contributed by atoms with Crippen molar-refractivity contribution in [2.75, 3.05) is 12.8 Å². The summed E-state index contributed by atoms with van der Waals surface area (Å²) in [5.41, 5.74) is 7.37. The topological polar surface area (TPSA) is 73.2 Å². The van der Waals surface area contributed by atoms with Crippen LogP contribution in [0.3, 0.4) is 0 Å². The number of hydrogen-bond acceptors (Lipinski definition) is 4. The molecule has 1 aromatic carbocycles. The summed E-state index contributed by atoms with van der Waals surface area (Å²) in [5, 5.41) is 6.86. The van der Waals surface area contributed by atoms with Gasteiger partial charge in [0.15, 0.2) is 11.5 Å². The SMILES string of the molecule is COc1cc(Br)cc(-c2cc(N)n[nH]2)c1OC1CC1. The highest BCUT2D eigenvalue weighted by Crippen LogP contribution is 2.43. The zero-order valence-electron chi connectivity index (χ0n) is 10.4. The Bertz CT molecular complexity index is 608. The van der Waals surface area contributed by atoms with Crippen molar-refractivity contribution in [1.29, 1.82) is 0 Å². The number of aromatic nitrogens is 2. The number of nitrogens with zero attached hydrogens (tertiary/aromatic N) is 1. The summed E-state index contributed by atoms with van der Waals surface area (Å²) in [4.78, 5) is 0. The van der Waals surface area contributed by atoms with Crippen molar-refractivity contribution in [2.45, 2.75) is 18.9 Å². The van der Waals surface area contributed by atoms with Gasteiger partial charge in [-0.1, -0.05) is 15.9 Å². The molecule has 100 valence electrons. The number of methoxy groups -OCH3 is 1. The van der Waals surface area contributed by atoms with Crippen molar-refractivity contribution in [1.82, 2.24) is 10.2 Å². The summed E-state index contributed by atoms with van der Waals surface area (Å²) in [6.07, 6.45) is 2.46. The summed E-state index contributed by atoms with van der Waals surface area (Å²) in [6, 6.07) is 5.63. The number of benzene rings is 1. The maximum Gasteiger partial charge on any atom is 0.171 e. The lowest BCUT2D eigenvalue weighted by Gasteiger charge is -2.14. The van der Waals surface area contributed by atoms with Crippen LogP contribution in [0.15, 0.2) is 22.7 Å². The minimum Gasteiger partial charge on any atom is -0.493 e. The van der Waals surface area contributed by atoms with E-state index >= 15 is 0 Å². The molecule has 6 heteroatoms. The first-order chi connectivity index (χ1) is 9.17. The highest BCUT2D eigenvalue weighted by molar-refractivity contribution is 9.10. The van der Waals surface area contributed by atoms with Crippen LogP contribution in [0.25, 0.3) is 11.3 Å². The number of nitrogen functional groups attached to an aromatic ring is 1. The number of aromatic amines is 1. The lowest BCUT2D eigenvalue weighted by molar-refractivity contribution is 0.283. The summed E-state index contributed by atoms with van der Waals surface area (Å²) >= 11 is 3.47. The molecule has 0 amide bonds. The zero-order chi connectivity index (χ0) is 13.4. The highest BCUT2D eigenvalue weighted by atomic mass is 79.9. The van der Waals surface area contributed by atoms with E-state index in [1.807, 2.05) is 12.1 Å². The smallest absolute Gasteiger partial charge is 0.171 e. The maximum absolute atomic E-state index is 5.96. The molecular formula is C13H14BrN3O2. The van der Waals surface area contributed by atoms with Crippen LogP contribution in [-0.4, -0.2) is 23.4 Å². The fourth-order valence-corrected chi connectivity index (χ4v) is 2.31. The van der Waals surface area contributed by atoms with Crippen molar-refractivity contribution in [3.63, 3.8) is 0 Å². The van der Waals surface area contributed by atoms with Crippen LogP contribution in [0.5, 0.6) is 11.5 Å². The first-order valence-corrected chi connectivity index (χ1v) is 6.82. The molecule has 0 aliphatic heterocycles. The summed E-state index contributed by atoms with van der Waals surface area (Å²) in [6.45, 7) is 0. The highest BCUT2D eigenvalue weighted by Gasteiger charge is 2.27. The largest absolute Gasteiger partial charge is 0.493 e. The van der Waals surface area contributed by atoms with Gasteiger partial charge in [0, 0.05) is 16.1 Å². The molecule has 0 spiro atoms. The molecular weight excluding hydrogens is 310 g/mol. The lowest BCUT2D eigenvalue weighted by Crippen LogP contribution is -2.01. The standard InChI is InChI=1S/C13H14BrN3O2/c1-18-11-5-7(14)4-9(10-6-12(15)17-16-10)13(11)19-8-2-3-8/h4-6,8H,2-3H2,1H3,(H3,15,16,17). The van der Waals surface area contributed by atoms with Gasteiger partial charge in [-0.2, -0.15) is 5.10 Å². The van der Waals surface area contributed by atoms with E-state index in [4.69, 9.17) is 15.2 Å². The fourth-order valence-electron chi connectivity index (χ4n) is 1.87. The van der Waals surface area contributed by atoms with E-state index in [1.165, 1.54) is 0 Å². The third kappa shape index (κ3) is 2.53. The Morgan fingerprint density at radius 3 is 2.74 bits per heavy atom. The molecule has 1 aliphatic rings. The third-order valence-corrected chi connectivity index (χ3v) is 3.39. The number of nitrogens with two attached hydrogens (primary N) is 1. The van der Waals surface area contributed by atoms with Crippen LogP contribution < -0.4 is 15.2 Å². The summed E-state index contributed by atoms with van der Waals surface area (Å²) in [5.74, 6) is 1.88. The van der Waals surface area contributed by atoms with Crippen LogP contribution in [-0.2, 0) is 0 Å². The number of rotatable bonds is 4. The predicted octanol–water partition coefficient (Wildman–Crippen LogP) is 2.97. The molecule has 0 bridgehead atoms. The molecule has 1 aliphatic carbocycles. The van der Waals surface area contributed by atoms with Crippen LogP contribution in [0, 0.1) is 0 Å². The molecule has 1 saturated carbocycles. The molecule has 19 heavy (non-hydrogen) atoms. The van der Waals surface area contributed by atoms with Crippen molar-refractivity contribution < 1.29 is 9.47 Å². The monoisotopic (exact) mass is 323 g/mol. The van der Waals surface area contributed by atoms with E-state index in [9.17, 15) is 0 Å². The van der Waals surface area contributed by atoms with Gasteiger partial charge in [-0.15, -0.1) is 0 Å². The number of ether oxygens (including phenoxy) is 2. The average molecular weight is 324 g/mol. The maximum atomic E-state index is 5.96. The van der Waals surface area contributed by atoms with Gasteiger partial charge in [0.2, 0.25) is 0 Å². The molecule has 0 atom stereocenters. The number of halogens is 1. The molecule has 0 saturated heterocycles. The normalized spacial score (nSPS) is 14.4. The van der Waals surface area contributed by atoms with Gasteiger partial charge < -0.3 is 15.2 Å². The van der Waals surface area contributed by atoms with Crippen LogP contribution in [0.4, 0.5) is 5.82 Å². The van der Waals surface area contributed by atoms with E-state index in [0.29, 0.717) is 11.6 Å². The lowest BCUT2D eigenvalue weighted by atomic mass is 10.1. The van der Waals surface area contributed by atoms with Gasteiger partial charge >= 0.3 is 0 Å². The van der Waals surface area contributed by atoms with Gasteiger partial charge in [-0.05, 0) is 25.0 Å².